The van der Waals surface area contributed by atoms with E-state index in [1.807, 2.05) is 19.1 Å². The van der Waals surface area contributed by atoms with Gasteiger partial charge in [-0.3, -0.25) is 4.79 Å². The molecule has 118 valence electrons. The first-order chi connectivity index (χ1) is 9.93. The number of ether oxygens (including phenoxy) is 2. The Morgan fingerprint density at radius 2 is 2.19 bits per heavy atom. The van der Waals surface area contributed by atoms with E-state index in [2.05, 4.69) is 21.2 Å². The monoisotopic (exact) mass is 360 g/mol. The number of amides is 1. The molecule has 21 heavy (non-hydrogen) atoms. The highest BCUT2D eigenvalue weighted by Gasteiger charge is 2.13. The summed E-state index contributed by atoms with van der Waals surface area (Å²) < 4.78 is 11.6. The number of carbonyl (C=O) groups excluding carboxylic acids is 1. The fraction of sp³-hybridized carbons (Fsp3) is 0.500. The molecule has 4 N–H and O–H groups in total. The first kappa shape index (κ1) is 17.7. The van der Waals surface area contributed by atoms with Gasteiger partial charge in [-0.2, -0.15) is 0 Å². The average Bonchev–Trinajstić information content (AvgIpc) is 2.37. The number of primary amides is 1. The molecule has 0 aliphatic heterocycles. The number of halogens is 1. The lowest BCUT2D eigenvalue weighted by atomic mass is 10.2. The Balaban J connectivity index is 2.86. The van der Waals surface area contributed by atoms with Gasteiger partial charge in [-0.1, -0.05) is 0 Å². The van der Waals surface area contributed by atoms with E-state index in [4.69, 9.17) is 15.2 Å². The molecular formula is C14H21BrN2O4. The van der Waals surface area contributed by atoms with Crippen LogP contribution < -0.4 is 20.5 Å². The maximum Gasteiger partial charge on any atom is 0.255 e. The van der Waals surface area contributed by atoms with Crippen molar-refractivity contribution in [3.63, 3.8) is 0 Å². The summed E-state index contributed by atoms with van der Waals surface area (Å²) >= 11 is 3.40. The predicted molar refractivity (Wildman–Crippen MR) is 83.4 cm³/mol. The lowest BCUT2D eigenvalue weighted by Gasteiger charge is -2.15. The minimum atomic E-state index is -0.549. The van der Waals surface area contributed by atoms with Crippen molar-refractivity contribution in [1.29, 1.82) is 0 Å². The van der Waals surface area contributed by atoms with Gasteiger partial charge in [-0.15, -0.1) is 0 Å². The van der Waals surface area contributed by atoms with Gasteiger partial charge in [0.05, 0.1) is 17.2 Å². The zero-order chi connectivity index (χ0) is 15.8. The molecule has 0 aliphatic carbocycles. The second kappa shape index (κ2) is 8.86. The van der Waals surface area contributed by atoms with Crippen molar-refractivity contribution in [2.45, 2.75) is 26.5 Å². The molecule has 1 aromatic carbocycles. The van der Waals surface area contributed by atoms with Crippen molar-refractivity contribution in [3.05, 3.63) is 22.2 Å². The highest BCUT2D eigenvalue weighted by atomic mass is 79.9. The zero-order valence-electron chi connectivity index (χ0n) is 12.2. The van der Waals surface area contributed by atoms with Gasteiger partial charge < -0.3 is 25.6 Å². The van der Waals surface area contributed by atoms with Crippen LogP contribution >= 0.6 is 15.9 Å². The molecule has 1 aromatic rings. The van der Waals surface area contributed by atoms with Crippen molar-refractivity contribution >= 4 is 21.8 Å². The maximum absolute atomic E-state index is 10.8. The smallest absolute Gasteiger partial charge is 0.255 e. The minimum Gasteiger partial charge on any atom is -0.490 e. The maximum atomic E-state index is 10.8. The second-order valence-electron chi connectivity index (χ2n) is 4.57. The van der Waals surface area contributed by atoms with Gasteiger partial charge in [-0.25, -0.2) is 0 Å². The van der Waals surface area contributed by atoms with Crippen molar-refractivity contribution in [3.8, 4) is 11.5 Å². The van der Waals surface area contributed by atoms with E-state index in [-0.39, 0.29) is 6.61 Å². The molecule has 1 rings (SSSR count). The summed E-state index contributed by atoms with van der Waals surface area (Å²) in [5, 5.41) is 12.4. The number of aliphatic hydroxyl groups is 1. The Morgan fingerprint density at radius 1 is 1.48 bits per heavy atom. The van der Waals surface area contributed by atoms with Crippen molar-refractivity contribution in [2.75, 3.05) is 19.8 Å². The molecule has 0 aliphatic rings. The van der Waals surface area contributed by atoms with Gasteiger partial charge >= 0.3 is 0 Å². The van der Waals surface area contributed by atoms with Crippen LogP contribution in [-0.2, 0) is 11.3 Å². The van der Waals surface area contributed by atoms with E-state index in [9.17, 15) is 9.90 Å². The number of nitrogens with two attached hydrogens (primary N) is 1. The molecule has 0 radical (unpaired) electrons. The quantitative estimate of drug-likeness (QED) is 0.614. The molecule has 1 atom stereocenters. The van der Waals surface area contributed by atoms with Crippen LogP contribution in [0.25, 0.3) is 0 Å². The molecule has 0 saturated heterocycles. The van der Waals surface area contributed by atoms with Crippen LogP contribution in [0, 0.1) is 0 Å². The lowest BCUT2D eigenvalue weighted by molar-refractivity contribution is -0.119. The molecule has 1 amide bonds. The summed E-state index contributed by atoms with van der Waals surface area (Å²) in [6.45, 7) is 4.93. The van der Waals surface area contributed by atoms with Crippen molar-refractivity contribution in [1.82, 2.24) is 5.32 Å². The molecule has 0 fully saturated rings. The molecular weight excluding hydrogens is 340 g/mol. The largest absolute Gasteiger partial charge is 0.490 e. The Labute approximate surface area is 132 Å². The third-order valence-electron chi connectivity index (χ3n) is 2.50. The van der Waals surface area contributed by atoms with Crippen LogP contribution in [0.1, 0.15) is 19.4 Å². The van der Waals surface area contributed by atoms with Crippen molar-refractivity contribution < 1.29 is 19.4 Å². The van der Waals surface area contributed by atoms with Gasteiger partial charge in [0.2, 0.25) is 0 Å². The van der Waals surface area contributed by atoms with E-state index in [0.717, 1.165) is 5.56 Å². The summed E-state index contributed by atoms with van der Waals surface area (Å²) in [4.78, 5) is 10.8. The van der Waals surface area contributed by atoms with Gasteiger partial charge in [0.15, 0.2) is 18.1 Å². The van der Waals surface area contributed by atoms with Crippen LogP contribution in [-0.4, -0.2) is 36.9 Å². The number of nitrogens with one attached hydrogen (secondary N) is 1. The molecule has 1 unspecified atom stereocenters. The Hall–Kier alpha value is -1.31. The highest BCUT2D eigenvalue weighted by molar-refractivity contribution is 9.10. The summed E-state index contributed by atoms with van der Waals surface area (Å²) in [5.74, 6) is 0.448. The molecule has 0 heterocycles. The zero-order valence-corrected chi connectivity index (χ0v) is 13.8. The highest BCUT2D eigenvalue weighted by Crippen LogP contribution is 2.36. The molecule has 0 bridgehead atoms. The fourth-order valence-corrected chi connectivity index (χ4v) is 2.30. The lowest BCUT2D eigenvalue weighted by Crippen LogP contribution is -2.24. The first-order valence-corrected chi connectivity index (χ1v) is 7.48. The third-order valence-corrected chi connectivity index (χ3v) is 3.09. The molecule has 7 heteroatoms. The molecule has 0 aromatic heterocycles. The van der Waals surface area contributed by atoms with Crippen LogP contribution in [0.3, 0.4) is 0 Å². The summed E-state index contributed by atoms with van der Waals surface area (Å²) in [7, 11) is 0. The van der Waals surface area contributed by atoms with E-state index >= 15 is 0 Å². The molecule has 6 nitrogen and oxygen atoms in total. The summed E-state index contributed by atoms with van der Waals surface area (Å²) in [6, 6.07) is 3.70. The SMILES string of the molecule is CCOc1cc(CNCC(C)O)cc(Br)c1OCC(N)=O. The Morgan fingerprint density at radius 3 is 2.76 bits per heavy atom. The van der Waals surface area contributed by atoms with E-state index < -0.39 is 12.0 Å². The number of aliphatic hydroxyl groups excluding tert-OH is 1. The van der Waals surface area contributed by atoms with Crippen LogP contribution in [0.5, 0.6) is 11.5 Å². The predicted octanol–water partition coefficient (Wildman–Crippen LogP) is 1.18. The Kier molecular flexibility index (Phi) is 7.49. The van der Waals surface area contributed by atoms with Crippen molar-refractivity contribution in [2.24, 2.45) is 5.73 Å². The molecule has 0 spiro atoms. The summed E-state index contributed by atoms with van der Waals surface area (Å²) in [6.07, 6.45) is -0.405. The second-order valence-corrected chi connectivity index (χ2v) is 5.43. The number of rotatable bonds is 9. The third kappa shape index (κ3) is 6.33. The number of benzene rings is 1. The van der Waals surface area contributed by atoms with Crippen LogP contribution in [0.15, 0.2) is 16.6 Å². The van der Waals surface area contributed by atoms with Gasteiger partial charge in [0.25, 0.3) is 5.91 Å². The van der Waals surface area contributed by atoms with E-state index in [1.165, 1.54) is 0 Å². The standard InChI is InChI=1S/C14H21BrN2O4/c1-3-20-12-5-10(7-17-6-9(2)18)4-11(15)14(12)21-8-13(16)19/h4-5,9,17-18H,3,6-8H2,1-2H3,(H2,16,19). The van der Waals surface area contributed by atoms with E-state index in [0.29, 0.717) is 35.7 Å². The van der Waals surface area contributed by atoms with Gasteiger partial charge in [-0.05, 0) is 47.5 Å². The topological polar surface area (TPSA) is 93.8 Å². The average molecular weight is 361 g/mol. The van der Waals surface area contributed by atoms with Gasteiger partial charge in [0, 0.05) is 13.1 Å². The minimum absolute atomic E-state index is 0.210. The number of hydrogen-bond donors (Lipinski definition) is 3. The van der Waals surface area contributed by atoms with Crippen LogP contribution in [0.2, 0.25) is 0 Å². The van der Waals surface area contributed by atoms with Gasteiger partial charge in [0.1, 0.15) is 0 Å². The first-order valence-electron chi connectivity index (χ1n) is 6.69. The number of hydrogen-bond acceptors (Lipinski definition) is 5. The fourth-order valence-electron chi connectivity index (χ4n) is 1.70. The summed E-state index contributed by atoms with van der Waals surface area (Å²) in [5.41, 5.74) is 6.05. The Bertz CT molecular complexity index is 480. The molecule has 0 saturated carbocycles. The van der Waals surface area contributed by atoms with E-state index in [1.54, 1.807) is 6.92 Å². The van der Waals surface area contributed by atoms with Crippen LogP contribution in [0.4, 0.5) is 0 Å². The normalized spacial score (nSPS) is 12.0. The number of carbonyl (C=O) groups is 1.